The Morgan fingerprint density at radius 3 is 2.15 bits per heavy atom. The van der Waals surface area contributed by atoms with E-state index in [4.69, 9.17) is 9.47 Å². The number of ether oxygens (including phenoxy) is 2. The predicted molar refractivity (Wildman–Crippen MR) is 147 cm³/mol. The normalized spacial score (nSPS) is 23.4. The van der Waals surface area contributed by atoms with E-state index in [1.165, 1.54) is 19.3 Å². The zero-order chi connectivity index (χ0) is 27.4. The van der Waals surface area contributed by atoms with Crippen LogP contribution in [0.3, 0.4) is 0 Å². The molecular formula is C32H39N3O4. The van der Waals surface area contributed by atoms with Crippen LogP contribution in [-0.4, -0.2) is 26.6 Å². The summed E-state index contributed by atoms with van der Waals surface area (Å²) in [6.45, 7) is 8.68. The molecule has 1 saturated carbocycles. The Bertz CT molecular complexity index is 1320. The lowest BCUT2D eigenvalue weighted by Crippen LogP contribution is -2.37. The van der Waals surface area contributed by atoms with Crippen molar-refractivity contribution >= 4 is 11.6 Å². The number of carbonyl (C=O) groups excluding carboxylic acids is 2. The fourth-order valence-corrected chi connectivity index (χ4v) is 6.89. The number of ketones is 2. The van der Waals surface area contributed by atoms with Crippen molar-refractivity contribution in [3.05, 3.63) is 64.4 Å². The summed E-state index contributed by atoms with van der Waals surface area (Å²) in [7, 11) is 0. The maximum atomic E-state index is 13.6. The Morgan fingerprint density at radius 2 is 1.51 bits per heavy atom. The summed E-state index contributed by atoms with van der Waals surface area (Å²) in [4.78, 5) is 27.3. The zero-order valence-electron chi connectivity index (χ0n) is 23.6. The molecule has 0 N–H and O–H groups in total. The Labute approximate surface area is 230 Å². The molecule has 1 aliphatic heterocycles. The van der Waals surface area contributed by atoms with Crippen LogP contribution < -0.4 is 4.74 Å². The van der Waals surface area contributed by atoms with Gasteiger partial charge in [-0.05, 0) is 29.7 Å². The molecule has 0 amide bonds. The number of carbonyl (C=O) groups is 2. The van der Waals surface area contributed by atoms with Gasteiger partial charge in [-0.25, -0.2) is 4.68 Å². The lowest BCUT2D eigenvalue weighted by Gasteiger charge is -2.43. The van der Waals surface area contributed by atoms with Gasteiger partial charge in [0.1, 0.15) is 29.6 Å². The Hall–Kier alpha value is -3.22. The van der Waals surface area contributed by atoms with Crippen molar-refractivity contribution in [2.45, 2.75) is 104 Å². The quantitative estimate of drug-likeness (QED) is 0.425. The lowest BCUT2D eigenvalue weighted by molar-refractivity contribution is -0.120. The third-order valence-corrected chi connectivity index (χ3v) is 8.69. The van der Waals surface area contributed by atoms with E-state index in [2.05, 4.69) is 38.0 Å². The van der Waals surface area contributed by atoms with Crippen molar-refractivity contribution in [3.63, 3.8) is 0 Å². The van der Waals surface area contributed by atoms with Crippen LogP contribution in [-0.2, 0) is 20.9 Å². The van der Waals surface area contributed by atoms with Gasteiger partial charge in [0.15, 0.2) is 11.6 Å². The first-order valence-electron chi connectivity index (χ1n) is 14.4. The van der Waals surface area contributed by atoms with Crippen molar-refractivity contribution < 1.29 is 19.1 Å². The molecule has 1 aromatic carbocycles. The highest BCUT2D eigenvalue weighted by atomic mass is 16.5. The maximum Gasteiger partial charge on any atom is 0.163 e. The SMILES string of the molecule is CC1(C)CC(=O)C2=C(C1)OC1=C(C(=O)CC(C)(C)C1)C2c1ccccc1OCc1cn(C2CCCCC2)nn1. The molecule has 7 nitrogen and oxygen atoms in total. The van der Waals surface area contributed by atoms with E-state index < -0.39 is 5.92 Å². The zero-order valence-corrected chi connectivity index (χ0v) is 23.6. The molecule has 0 unspecified atom stereocenters. The second kappa shape index (κ2) is 9.76. The van der Waals surface area contributed by atoms with Gasteiger partial charge in [0.05, 0.1) is 18.2 Å². The molecule has 2 aromatic rings. The van der Waals surface area contributed by atoms with Crippen molar-refractivity contribution in [2.24, 2.45) is 10.8 Å². The number of hydrogen-bond acceptors (Lipinski definition) is 6. The molecule has 2 heterocycles. The van der Waals surface area contributed by atoms with Crippen molar-refractivity contribution in [1.29, 1.82) is 0 Å². The average molecular weight is 530 g/mol. The van der Waals surface area contributed by atoms with E-state index in [0.717, 1.165) is 35.6 Å². The number of nitrogens with zero attached hydrogens (tertiary/aromatic N) is 3. The van der Waals surface area contributed by atoms with Crippen LogP contribution in [0, 0.1) is 10.8 Å². The van der Waals surface area contributed by atoms with Gasteiger partial charge in [0.2, 0.25) is 0 Å². The molecule has 7 heteroatoms. The molecule has 0 spiro atoms. The first kappa shape index (κ1) is 26.0. The minimum absolute atomic E-state index is 0.0562. The average Bonchev–Trinajstić information content (AvgIpc) is 3.35. The standard InChI is InChI=1S/C32H39N3O4/c1-31(2)14-23(36)29-26(16-31)39-27-17-32(3,4)15-24(37)30(27)28(29)22-12-8-9-13-25(22)38-19-20-18-35(34-33-20)21-10-6-5-7-11-21/h8-9,12-13,18,21,28H,5-7,10-11,14-17,19H2,1-4H3. The minimum Gasteiger partial charge on any atom is -0.487 e. The van der Waals surface area contributed by atoms with E-state index in [1.54, 1.807) is 0 Å². The second-order valence-electron chi connectivity index (χ2n) is 13.4. The van der Waals surface area contributed by atoms with Gasteiger partial charge in [0, 0.05) is 42.4 Å². The van der Waals surface area contributed by atoms with Gasteiger partial charge in [0.25, 0.3) is 0 Å². The molecule has 1 fully saturated rings. The summed E-state index contributed by atoms with van der Waals surface area (Å²) >= 11 is 0. The fraction of sp³-hybridized carbons (Fsp3) is 0.562. The fourth-order valence-electron chi connectivity index (χ4n) is 6.89. The molecular weight excluding hydrogens is 490 g/mol. The molecule has 0 atom stereocenters. The van der Waals surface area contributed by atoms with Crippen LogP contribution in [0.1, 0.15) is 109 Å². The summed E-state index contributed by atoms with van der Waals surface area (Å²) < 4.78 is 14.8. The third-order valence-electron chi connectivity index (χ3n) is 8.69. The van der Waals surface area contributed by atoms with Crippen molar-refractivity contribution in [2.75, 3.05) is 0 Å². The van der Waals surface area contributed by atoms with Gasteiger partial charge < -0.3 is 9.47 Å². The van der Waals surface area contributed by atoms with E-state index >= 15 is 0 Å². The summed E-state index contributed by atoms with van der Waals surface area (Å²) in [6.07, 6.45) is 10.2. The van der Waals surface area contributed by atoms with Crippen LogP contribution in [0.25, 0.3) is 0 Å². The van der Waals surface area contributed by atoms with Crippen molar-refractivity contribution in [1.82, 2.24) is 15.0 Å². The number of para-hydroxylation sites is 1. The van der Waals surface area contributed by atoms with Gasteiger partial charge in [-0.1, -0.05) is 70.4 Å². The minimum atomic E-state index is -0.481. The van der Waals surface area contributed by atoms with Gasteiger partial charge in [-0.3, -0.25) is 9.59 Å². The molecule has 6 rings (SSSR count). The molecule has 0 bridgehead atoms. The molecule has 39 heavy (non-hydrogen) atoms. The maximum absolute atomic E-state index is 13.6. The van der Waals surface area contributed by atoms with Crippen LogP contribution in [0.5, 0.6) is 5.75 Å². The topological polar surface area (TPSA) is 83.3 Å². The number of Topliss-reactive ketones (excluding diaryl/α,β-unsaturated/α-hetero) is 2. The number of rotatable bonds is 5. The smallest absolute Gasteiger partial charge is 0.163 e. The number of hydrogen-bond donors (Lipinski definition) is 0. The highest BCUT2D eigenvalue weighted by Gasteiger charge is 2.48. The highest BCUT2D eigenvalue weighted by molar-refractivity contribution is 6.06. The number of aromatic nitrogens is 3. The van der Waals surface area contributed by atoms with E-state index in [1.807, 2.05) is 35.1 Å². The summed E-state index contributed by atoms with van der Waals surface area (Å²) in [5.74, 6) is 1.73. The van der Waals surface area contributed by atoms with Gasteiger partial charge in [-0.15, -0.1) is 5.10 Å². The Morgan fingerprint density at radius 1 is 0.897 bits per heavy atom. The first-order valence-corrected chi connectivity index (χ1v) is 14.4. The Balaban J connectivity index is 1.35. The van der Waals surface area contributed by atoms with E-state index in [9.17, 15) is 9.59 Å². The molecule has 4 aliphatic rings. The lowest BCUT2D eigenvalue weighted by atomic mass is 9.65. The summed E-state index contributed by atoms with van der Waals surface area (Å²) in [5.41, 5.74) is 2.48. The predicted octanol–water partition coefficient (Wildman–Crippen LogP) is 6.76. The first-order chi connectivity index (χ1) is 18.6. The monoisotopic (exact) mass is 529 g/mol. The molecule has 206 valence electrons. The summed E-state index contributed by atoms with van der Waals surface area (Å²) in [6, 6.07) is 8.20. The molecule has 3 aliphatic carbocycles. The number of benzene rings is 1. The van der Waals surface area contributed by atoms with Crippen molar-refractivity contribution in [3.8, 4) is 5.75 Å². The van der Waals surface area contributed by atoms with E-state index in [-0.39, 0.29) is 29.0 Å². The third kappa shape index (κ3) is 5.08. The number of allylic oxidation sites excluding steroid dienone is 4. The van der Waals surface area contributed by atoms with Crippen LogP contribution in [0.4, 0.5) is 0 Å². The van der Waals surface area contributed by atoms with E-state index in [0.29, 0.717) is 48.6 Å². The van der Waals surface area contributed by atoms with Crippen LogP contribution >= 0.6 is 0 Å². The van der Waals surface area contributed by atoms with Gasteiger partial charge in [-0.2, -0.15) is 0 Å². The van der Waals surface area contributed by atoms with Crippen LogP contribution in [0.2, 0.25) is 0 Å². The summed E-state index contributed by atoms with van der Waals surface area (Å²) in [5, 5.41) is 8.76. The highest BCUT2D eigenvalue weighted by Crippen LogP contribution is 2.54. The molecule has 1 aromatic heterocycles. The Kier molecular flexibility index (Phi) is 6.51. The molecule has 0 radical (unpaired) electrons. The second-order valence-corrected chi connectivity index (χ2v) is 13.4. The van der Waals surface area contributed by atoms with Crippen LogP contribution in [0.15, 0.2) is 53.1 Å². The largest absolute Gasteiger partial charge is 0.487 e. The van der Waals surface area contributed by atoms with Gasteiger partial charge >= 0.3 is 0 Å². The molecule has 0 saturated heterocycles.